The Morgan fingerprint density at radius 3 is 2.41 bits per heavy atom. The zero-order chi connectivity index (χ0) is 16.2. The van der Waals surface area contributed by atoms with Crippen molar-refractivity contribution in [1.82, 2.24) is 0 Å². The van der Waals surface area contributed by atoms with E-state index in [9.17, 15) is 13.2 Å². The van der Waals surface area contributed by atoms with Crippen LogP contribution in [-0.4, -0.2) is 20.1 Å². The molecule has 0 aromatic heterocycles. The van der Waals surface area contributed by atoms with Crippen molar-refractivity contribution in [2.24, 2.45) is 0 Å². The van der Waals surface area contributed by atoms with E-state index in [-0.39, 0.29) is 23.0 Å². The van der Waals surface area contributed by atoms with Crippen molar-refractivity contribution >= 4 is 21.4 Å². The molecule has 0 saturated carbocycles. The first-order chi connectivity index (χ1) is 10.4. The summed E-state index contributed by atoms with van der Waals surface area (Å²) in [4.78, 5) is 12.2. The van der Waals surface area contributed by atoms with Crippen LogP contribution in [0.4, 0.5) is 5.69 Å². The predicted molar refractivity (Wildman–Crippen MR) is 87.7 cm³/mol. The Kier molecular flexibility index (Phi) is 4.98. The molecule has 0 spiro atoms. The Morgan fingerprint density at radius 2 is 1.73 bits per heavy atom. The summed E-state index contributed by atoms with van der Waals surface area (Å²) in [7, 11) is -3.43. The van der Waals surface area contributed by atoms with Crippen molar-refractivity contribution < 1.29 is 13.2 Å². The van der Waals surface area contributed by atoms with E-state index in [4.69, 9.17) is 0 Å². The van der Waals surface area contributed by atoms with E-state index in [1.165, 1.54) is 12.1 Å². The summed E-state index contributed by atoms with van der Waals surface area (Å²) in [5, 5.41) is 2.77. The van der Waals surface area contributed by atoms with Crippen molar-refractivity contribution in [2.75, 3.05) is 11.1 Å². The van der Waals surface area contributed by atoms with Gasteiger partial charge in [0, 0.05) is 12.1 Å². The standard InChI is InChI=1S/C17H19NO3S/c1-13-8-9-14(2)16(12-13)18-17(19)10-11-22(20,21)15-6-4-3-5-7-15/h3-9,12H,10-11H2,1-2H3,(H,18,19). The fourth-order valence-electron chi connectivity index (χ4n) is 2.06. The minimum absolute atomic E-state index is 0.0649. The van der Waals surface area contributed by atoms with Gasteiger partial charge in [-0.3, -0.25) is 4.79 Å². The van der Waals surface area contributed by atoms with E-state index < -0.39 is 9.84 Å². The van der Waals surface area contributed by atoms with Gasteiger partial charge in [0.1, 0.15) is 0 Å². The van der Waals surface area contributed by atoms with Crippen molar-refractivity contribution in [2.45, 2.75) is 25.2 Å². The molecule has 0 aliphatic rings. The summed E-state index contributed by atoms with van der Waals surface area (Å²) < 4.78 is 24.3. The molecule has 5 heteroatoms. The van der Waals surface area contributed by atoms with Crippen LogP contribution in [-0.2, 0) is 14.6 Å². The molecule has 0 unspecified atom stereocenters. The van der Waals surface area contributed by atoms with Gasteiger partial charge in [0.2, 0.25) is 5.91 Å². The SMILES string of the molecule is Cc1ccc(C)c(NC(=O)CCS(=O)(=O)c2ccccc2)c1. The maximum Gasteiger partial charge on any atom is 0.225 e. The largest absolute Gasteiger partial charge is 0.326 e. The van der Waals surface area contributed by atoms with Crippen LogP contribution in [0.25, 0.3) is 0 Å². The van der Waals surface area contributed by atoms with E-state index in [2.05, 4.69) is 5.32 Å². The van der Waals surface area contributed by atoms with E-state index >= 15 is 0 Å². The molecule has 0 radical (unpaired) electrons. The number of sulfone groups is 1. The lowest BCUT2D eigenvalue weighted by molar-refractivity contribution is -0.115. The molecule has 0 saturated heterocycles. The normalized spacial score (nSPS) is 11.2. The minimum atomic E-state index is -3.43. The van der Waals surface area contributed by atoms with Crippen molar-refractivity contribution in [1.29, 1.82) is 0 Å². The second-order valence-electron chi connectivity index (χ2n) is 5.25. The van der Waals surface area contributed by atoms with Crippen LogP contribution in [0, 0.1) is 13.8 Å². The molecule has 1 N–H and O–H groups in total. The van der Waals surface area contributed by atoms with Gasteiger partial charge < -0.3 is 5.32 Å². The Balaban J connectivity index is 2.00. The number of nitrogens with one attached hydrogen (secondary N) is 1. The van der Waals surface area contributed by atoms with Gasteiger partial charge >= 0.3 is 0 Å². The summed E-state index contributed by atoms with van der Waals surface area (Å²) in [6, 6.07) is 13.9. The quantitative estimate of drug-likeness (QED) is 0.921. The molecule has 2 rings (SSSR count). The van der Waals surface area contributed by atoms with Crippen LogP contribution in [0.15, 0.2) is 53.4 Å². The Hall–Kier alpha value is -2.14. The molecule has 2 aromatic rings. The molecule has 0 fully saturated rings. The lowest BCUT2D eigenvalue weighted by Crippen LogP contribution is -2.18. The zero-order valence-corrected chi connectivity index (χ0v) is 13.5. The number of hydrogen-bond donors (Lipinski definition) is 1. The monoisotopic (exact) mass is 317 g/mol. The third-order valence-electron chi connectivity index (χ3n) is 3.37. The highest BCUT2D eigenvalue weighted by Crippen LogP contribution is 2.17. The summed E-state index contributed by atoms with van der Waals surface area (Å²) >= 11 is 0. The molecule has 0 bridgehead atoms. The van der Waals surface area contributed by atoms with Gasteiger partial charge in [-0.2, -0.15) is 0 Å². The van der Waals surface area contributed by atoms with Crippen LogP contribution < -0.4 is 5.32 Å². The van der Waals surface area contributed by atoms with Crippen LogP contribution >= 0.6 is 0 Å². The van der Waals surface area contributed by atoms with Crippen LogP contribution in [0.5, 0.6) is 0 Å². The zero-order valence-electron chi connectivity index (χ0n) is 12.7. The molecule has 1 amide bonds. The van der Waals surface area contributed by atoms with Gasteiger partial charge in [0.15, 0.2) is 9.84 Å². The number of amides is 1. The third kappa shape index (κ3) is 4.18. The number of anilines is 1. The van der Waals surface area contributed by atoms with Crippen molar-refractivity contribution in [3.63, 3.8) is 0 Å². The fourth-order valence-corrected chi connectivity index (χ4v) is 3.32. The van der Waals surface area contributed by atoms with E-state index in [1.54, 1.807) is 18.2 Å². The predicted octanol–water partition coefficient (Wildman–Crippen LogP) is 3.11. The summed E-state index contributed by atoms with van der Waals surface area (Å²) in [6.45, 7) is 3.84. The summed E-state index contributed by atoms with van der Waals surface area (Å²) in [6.07, 6.45) is -0.0649. The molecule has 116 valence electrons. The number of hydrogen-bond acceptors (Lipinski definition) is 3. The Bertz CT molecular complexity index is 768. The van der Waals surface area contributed by atoms with Crippen LogP contribution in [0.2, 0.25) is 0 Å². The van der Waals surface area contributed by atoms with Crippen LogP contribution in [0.3, 0.4) is 0 Å². The van der Waals surface area contributed by atoms with Gasteiger partial charge in [-0.25, -0.2) is 8.42 Å². The van der Waals surface area contributed by atoms with Gasteiger partial charge in [0.25, 0.3) is 0 Å². The first-order valence-electron chi connectivity index (χ1n) is 7.03. The maximum atomic E-state index is 12.1. The smallest absolute Gasteiger partial charge is 0.225 e. The molecular formula is C17H19NO3S. The van der Waals surface area contributed by atoms with Crippen molar-refractivity contribution in [3.05, 3.63) is 59.7 Å². The first-order valence-corrected chi connectivity index (χ1v) is 8.68. The molecule has 0 aliphatic heterocycles. The lowest BCUT2D eigenvalue weighted by atomic mass is 10.1. The first kappa shape index (κ1) is 16.2. The Morgan fingerprint density at radius 1 is 1.05 bits per heavy atom. The van der Waals surface area contributed by atoms with E-state index in [0.717, 1.165) is 16.8 Å². The summed E-state index contributed by atoms with van der Waals surface area (Å²) in [5.74, 6) is -0.499. The topological polar surface area (TPSA) is 63.2 Å². The maximum absolute atomic E-state index is 12.1. The van der Waals surface area contributed by atoms with Crippen LogP contribution in [0.1, 0.15) is 17.5 Å². The number of carbonyl (C=O) groups excluding carboxylic acids is 1. The van der Waals surface area contributed by atoms with E-state index in [1.807, 2.05) is 32.0 Å². The molecular weight excluding hydrogens is 298 g/mol. The molecule has 22 heavy (non-hydrogen) atoms. The number of aryl methyl sites for hydroxylation is 2. The Labute approximate surface area is 131 Å². The second kappa shape index (κ2) is 6.75. The average molecular weight is 317 g/mol. The van der Waals surface area contributed by atoms with E-state index in [0.29, 0.717) is 0 Å². The molecule has 0 aliphatic carbocycles. The van der Waals surface area contributed by atoms with Gasteiger partial charge in [-0.15, -0.1) is 0 Å². The highest BCUT2D eigenvalue weighted by atomic mass is 32.2. The number of rotatable bonds is 5. The van der Waals surface area contributed by atoms with Crippen molar-refractivity contribution in [3.8, 4) is 0 Å². The molecule has 0 heterocycles. The highest BCUT2D eigenvalue weighted by molar-refractivity contribution is 7.91. The highest BCUT2D eigenvalue weighted by Gasteiger charge is 2.16. The average Bonchev–Trinajstić information content (AvgIpc) is 2.50. The molecule has 0 atom stereocenters. The fraction of sp³-hybridized carbons (Fsp3) is 0.235. The number of carbonyl (C=O) groups is 1. The molecule has 4 nitrogen and oxygen atoms in total. The molecule has 2 aromatic carbocycles. The number of benzene rings is 2. The lowest BCUT2D eigenvalue weighted by Gasteiger charge is -2.09. The van der Waals surface area contributed by atoms with Gasteiger partial charge in [-0.05, 0) is 43.2 Å². The second-order valence-corrected chi connectivity index (χ2v) is 7.36. The van der Waals surface area contributed by atoms with Gasteiger partial charge in [0.05, 0.1) is 10.6 Å². The third-order valence-corrected chi connectivity index (χ3v) is 5.10. The minimum Gasteiger partial charge on any atom is -0.326 e. The van der Waals surface area contributed by atoms with Gasteiger partial charge in [-0.1, -0.05) is 30.3 Å². The summed E-state index contributed by atoms with van der Waals surface area (Å²) in [5.41, 5.74) is 2.71.